The number of amides is 2. The lowest BCUT2D eigenvalue weighted by Crippen LogP contribution is -2.37. The van der Waals surface area contributed by atoms with Crippen molar-refractivity contribution in [2.24, 2.45) is 0 Å². The van der Waals surface area contributed by atoms with E-state index in [2.05, 4.69) is 15.6 Å². The first-order valence-electron chi connectivity index (χ1n) is 8.23. The molecule has 7 nitrogen and oxygen atoms in total. The molecule has 0 bridgehead atoms. The summed E-state index contributed by atoms with van der Waals surface area (Å²) in [5, 5.41) is 6.18. The molecule has 0 spiro atoms. The number of carbonyl (C=O) groups is 1. The van der Waals surface area contributed by atoms with Crippen molar-refractivity contribution in [3.8, 4) is 0 Å². The fourth-order valence-electron chi connectivity index (χ4n) is 2.85. The van der Waals surface area contributed by atoms with Crippen LogP contribution in [0.1, 0.15) is 23.4 Å². The first kappa shape index (κ1) is 17.7. The van der Waals surface area contributed by atoms with Crippen molar-refractivity contribution in [3.63, 3.8) is 0 Å². The molecule has 4 rings (SSSR count). The van der Waals surface area contributed by atoms with Crippen molar-refractivity contribution in [1.29, 1.82) is 0 Å². The minimum atomic E-state index is -3.19. The normalized spacial score (nSPS) is 17.6. The molecule has 0 saturated heterocycles. The maximum atomic E-state index is 12.4. The van der Waals surface area contributed by atoms with Crippen LogP contribution < -0.4 is 10.6 Å². The second kappa shape index (κ2) is 6.80. The Labute approximate surface area is 160 Å². The highest BCUT2D eigenvalue weighted by molar-refractivity contribution is 7.90. The number of rotatable bonds is 4. The first-order valence-corrected chi connectivity index (χ1v) is 10.9. The summed E-state index contributed by atoms with van der Waals surface area (Å²) in [5.41, 5.74) is 1.44. The summed E-state index contributed by atoms with van der Waals surface area (Å²) in [5.74, 6) is 0. The molecule has 138 valence electrons. The van der Waals surface area contributed by atoms with Gasteiger partial charge in [-0.3, -0.25) is 5.32 Å². The van der Waals surface area contributed by atoms with Crippen molar-refractivity contribution in [3.05, 3.63) is 39.9 Å². The van der Waals surface area contributed by atoms with Gasteiger partial charge in [0.15, 0.2) is 5.13 Å². The number of thiazole rings is 1. The van der Waals surface area contributed by atoms with Crippen LogP contribution in [0.4, 0.5) is 15.6 Å². The Bertz CT molecular complexity index is 956. The fourth-order valence-corrected chi connectivity index (χ4v) is 5.94. The Hall–Kier alpha value is -1.68. The lowest BCUT2D eigenvalue weighted by Gasteiger charge is -2.25. The van der Waals surface area contributed by atoms with Crippen LogP contribution in [0.5, 0.6) is 0 Å². The molecule has 2 N–H and O–H groups in total. The zero-order valence-electron chi connectivity index (χ0n) is 13.7. The van der Waals surface area contributed by atoms with Gasteiger partial charge in [0.2, 0.25) is 10.0 Å². The number of hydrogen-bond donors (Lipinski definition) is 2. The molecule has 0 radical (unpaired) electrons. The van der Waals surface area contributed by atoms with Crippen LogP contribution in [0, 0.1) is 0 Å². The van der Waals surface area contributed by atoms with E-state index < -0.39 is 16.1 Å². The second-order valence-electron chi connectivity index (χ2n) is 6.31. The van der Waals surface area contributed by atoms with Gasteiger partial charge in [-0.25, -0.2) is 18.2 Å². The number of fused-ring (bicyclic) bond motifs is 1. The van der Waals surface area contributed by atoms with Crippen molar-refractivity contribution in [2.75, 3.05) is 17.2 Å². The zero-order chi connectivity index (χ0) is 18.3. The fraction of sp³-hybridized carbons (Fsp3) is 0.375. The SMILES string of the molecule is O=C(Nc1cccc(Cl)c1)Nc1nc2c(s1)CN(S(=O)(=O)C1CC1)CC2. The Morgan fingerprint density at radius 1 is 1.31 bits per heavy atom. The van der Waals surface area contributed by atoms with E-state index in [1.807, 2.05) is 0 Å². The van der Waals surface area contributed by atoms with E-state index in [-0.39, 0.29) is 5.25 Å². The molecule has 0 unspecified atom stereocenters. The highest BCUT2D eigenvalue weighted by atomic mass is 35.5. The summed E-state index contributed by atoms with van der Waals surface area (Å²) >= 11 is 7.21. The molecule has 0 atom stereocenters. The van der Waals surface area contributed by atoms with Crippen LogP contribution in [0.3, 0.4) is 0 Å². The Morgan fingerprint density at radius 2 is 2.12 bits per heavy atom. The molecule has 1 aromatic heterocycles. The number of nitrogens with zero attached hydrogens (tertiary/aromatic N) is 2. The monoisotopic (exact) mass is 412 g/mol. The number of benzene rings is 1. The number of sulfonamides is 1. The van der Waals surface area contributed by atoms with Gasteiger partial charge in [-0.2, -0.15) is 4.31 Å². The number of anilines is 2. The lowest BCUT2D eigenvalue weighted by atomic mass is 10.2. The first-order chi connectivity index (χ1) is 12.4. The summed E-state index contributed by atoms with van der Waals surface area (Å²) in [4.78, 5) is 17.4. The van der Waals surface area contributed by atoms with Gasteiger partial charge >= 0.3 is 6.03 Å². The number of hydrogen-bond acceptors (Lipinski definition) is 5. The summed E-state index contributed by atoms with van der Waals surface area (Å²) in [6.07, 6.45) is 2.07. The average Bonchev–Trinajstić information content (AvgIpc) is 3.36. The predicted molar refractivity (Wildman–Crippen MR) is 102 cm³/mol. The van der Waals surface area contributed by atoms with Gasteiger partial charge in [-0.1, -0.05) is 29.0 Å². The van der Waals surface area contributed by atoms with E-state index in [0.717, 1.165) is 23.4 Å². The lowest BCUT2D eigenvalue weighted by molar-refractivity contribution is 0.262. The molecule has 1 aromatic carbocycles. The number of urea groups is 1. The Morgan fingerprint density at radius 3 is 2.85 bits per heavy atom. The third kappa shape index (κ3) is 3.71. The van der Waals surface area contributed by atoms with Gasteiger partial charge in [-0.15, -0.1) is 0 Å². The van der Waals surface area contributed by atoms with Crippen LogP contribution in [0.15, 0.2) is 24.3 Å². The third-order valence-electron chi connectivity index (χ3n) is 4.30. The highest BCUT2D eigenvalue weighted by Crippen LogP contribution is 2.35. The maximum Gasteiger partial charge on any atom is 0.325 e. The second-order valence-corrected chi connectivity index (χ2v) is 10.0. The number of halogens is 1. The molecule has 2 amide bonds. The van der Waals surface area contributed by atoms with Gasteiger partial charge in [0.1, 0.15) is 0 Å². The molecule has 1 fully saturated rings. The molecular weight excluding hydrogens is 396 g/mol. The highest BCUT2D eigenvalue weighted by Gasteiger charge is 2.41. The quantitative estimate of drug-likeness (QED) is 0.806. The number of carbonyl (C=O) groups excluding carboxylic acids is 1. The summed E-state index contributed by atoms with van der Waals surface area (Å²) < 4.78 is 26.3. The minimum absolute atomic E-state index is 0.210. The van der Waals surface area contributed by atoms with Gasteiger partial charge < -0.3 is 5.32 Å². The van der Waals surface area contributed by atoms with E-state index in [4.69, 9.17) is 11.6 Å². The van der Waals surface area contributed by atoms with E-state index >= 15 is 0 Å². The van der Waals surface area contributed by atoms with Crippen LogP contribution in [-0.2, 0) is 23.0 Å². The molecule has 10 heteroatoms. The Kier molecular flexibility index (Phi) is 4.64. The molecule has 1 aliphatic carbocycles. The minimum Gasteiger partial charge on any atom is -0.308 e. The summed E-state index contributed by atoms with van der Waals surface area (Å²) in [6.45, 7) is 0.785. The van der Waals surface area contributed by atoms with Crippen molar-refractivity contribution < 1.29 is 13.2 Å². The molecule has 1 aliphatic heterocycles. The largest absolute Gasteiger partial charge is 0.325 e. The van der Waals surface area contributed by atoms with Crippen LogP contribution in [-0.4, -0.2) is 35.5 Å². The van der Waals surface area contributed by atoms with Crippen LogP contribution in [0.2, 0.25) is 5.02 Å². The van der Waals surface area contributed by atoms with Crippen LogP contribution in [0.25, 0.3) is 0 Å². The van der Waals surface area contributed by atoms with Crippen molar-refractivity contribution >= 4 is 49.8 Å². The van der Waals surface area contributed by atoms with E-state index in [1.165, 1.54) is 11.3 Å². The van der Waals surface area contributed by atoms with E-state index in [9.17, 15) is 13.2 Å². The average molecular weight is 413 g/mol. The van der Waals surface area contributed by atoms with Gasteiger partial charge in [0, 0.05) is 35.1 Å². The van der Waals surface area contributed by atoms with E-state index in [1.54, 1.807) is 28.6 Å². The predicted octanol–water partition coefficient (Wildman–Crippen LogP) is 3.29. The molecule has 1 saturated carbocycles. The van der Waals surface area contributed by atoms with Gasteiger partial charge in [0.25, 0.3) is 0 Å². The molecule has 26 heavy (non-hydrogen) atoms. The van der Waals surface area contributed by atoms with Gasteiger partial charge in [0.05, 0.1) is 10.9 Å². The molecule has 2 heterocycles. The van der Waals surface area contributed by atoms with Crippen molar-refractivity contribution in [2.45, 2.75) is 31.1 Å². The number of aromatic nitrogens is 1. The van der Waals surface area contributed by atoms with Crippen LogP contribution >= 0.6 is 22.9 Å². The zero-order valence-corrected chi connectivity index (χ0v) is 16.1. The maximum absolute atomic E-state index is 12.4. The van der Waals surface area contributed by atoms with Crippen molar-refractivity contribution in [1.82, 2.24) is 9.29 Å². The summed E-state index contributed by atoms with van der Waals surface area (Å²) in [6, 6.07) is 6.43. The third-order valence-corrected chi connectivity index (χ3v) is 7.88. The van der Waals surface area contributed by atoms with Gasteiger partial charge in [-0.05, 0) is 31.0 Å². The summed E-state index contributed by atoms with van der Waals surface area (Å²) in [7, 11) is -3.19. The molecule has 2 aliphatic rings. The number of nitrogens with one attached hydrogen (secondary N) is 2. The van der Waals surface area contributed by atoms with E-state index in [0.29, 0.717) is 35.4 Å². The topological polar surface area (TPSA) is 91.4 Å². The molecular formula is C16H17ClN4O3S2. The Balaban J connectivity index is 1.42. The molecule has 2 aromatic rings. The smallest absolute Gasteiger partial charge is 0.308 e. The standard InChI is InChI=1S/C16H17ClN4O3S2/c17-10-2-1-3-11(8-10)18-15(22)20-16-19-13-6-7-21(9-14(13)25-16)26(23,24)12-4-5-12/h1-3,8,12H,4-7,9H2,(H2,18,19,20,22).